The van der Waals surface area contributed by atoms with Crippen molar-refractivity contribution >= 4 is 28.5 Å². The number of hydrogen-bond donors (Lipinski definition) is 0. The van der Waals surface area contributed by atoms with E-state index in [0.29, 0.717) is 3.77 Å². The van der Waals surface area contributed by atoms with Crippen LogP contribution < -0.4 is 0 Å². The van der Waals surface area contributed by atoms with E-state index < -0.39 is 5.91 Å². The number of amides is 1. The largest absolute Gasteiger partial charge is 0.445 e. The Kier molecular flexibility index (Phi) is 4.13. The summed E-state index contributed by atoms with van der Waals surface area (Å²) in [7, 11) is 0. The van der Waals surface area contributed by atoms with Crippen LogP contribution in [0.3, 0.4) is 0 Å². The Bertz CT molecular complexity index is 425. The van der Waals surface area contributed by atoms with E-state index in [1.807, 2.05) is 34.7 Å². The van der Waals surface area contributed by atoms with Crippen molar-refractivity contribution in [2.75, 3.05) is 13.1 Å². The van der Waals surface area contributed by atoms with Crippen LogP contribution in [0.15, 0.2) is 16.5 Å². The van der Waals surface area contributed by atoms with E-state index in [1.165, 1.54) is 6.07 Å². The molecule has 0 radical (unpaired) electrons. The first-order valence-corrected chi connectivity index (χ1v) is 5.05. The maximum absolute atomic E-state index is 11.7. The summed E-state index contributed by atoms with van der Waals surface area (Å²) in [5.74, 6) is -0.300. The molecule has 15 heavy (non-hydrogen) atoms. The smallest absolute Gasteiger partial charge is 0.291 e. The zero-order valence-electron chi connectivity index (χ0n) is 7.61. The van der Waals surface area contributed by atoms with Crippen LogP contribution >= 0.6 is 22.6 Å². The van der Waals surface area contributed by atoms with Gasteiger partial charge in [0.1, 0.15) is 13.1 Å². The SMILES string of the molecule is N#CCN(CC#N)C(=O)c1ccc(I)o1. The predicted octanol–water partition coefficient (Wildman–Crippen LogP) is 1.37. The average molecular weight is 315 g/mol. The Hall–Kier alpha value is -1.54. The quantitative estimate of drug-likeness (QED) is 0.623. The van der Waals surface area contributed by atoms with Crippen molar-refractivity contribution in [1.82, 2.24) is 4.90 Å². The van der Waals surface area contributed by atoms with Crippen molar-refractivity contribution in [1.29, 1.82) is 10.5 Å². The van der Waals surface area contributed by atoms with Gasteiger partial charge in [-0.3, -0.25) is 4.79 Å². The van der Waals surface area contributed by atoms with Gasteiger partial charge in [0.15, 0.2) is 9.53 Å². The third-order valence-corrected chi connectivity index (χ3v) is 2.17. The maximum atomic E-state index is 11.7. The Morgan fingerprint density at radius 2 is 2.00 bits per heavy atom. The van der Waals surface area contributed by atoms with Crippen LogP contribution in [0.25, 0.3) is 0 Å². The molecular weight excluding hydrogens is 309 g/mol. The van der Waals surface area contributed by atoms with Gasteiger partial charge in [0, 0.05) is 0 Å². The molecule has 0 N–H and O–H groups in total. The Labute approximate surface area is 100 Å². The predicted molar refractivity (Wildman–Crippen MR) is 58.6 cm³/mol. The van der Waals surface area contributed by atoms with Crippen LogP contribution in [0.4, 0.5) is 0 Å². The number of hydrogen-bond acceptors (Lipinski definition) is 4. The molecule has 0 unspecified atom stereocenters. The highest BCUT2D eigenvalue weighted by molar-refractivity contribution is 14.1. The maximum Gasteiger partial charge on any atom is 0.291 e. The van der Waals surface area contributed by atoms with Crippen LogP contribution in [0.5, 0.6) is 0 Å². The molecule has 1 amide bonds. The third kappa shape index (κ3) is 2.96. The van der Waals surface area contributed by atoms with Crippen molar-refractivity contribution in [3.63, 3.8) is 0 Å². The van der Waals surface area contributed by atoms with Gasteiger partial charge < -0.3 is 9.32 Å². The summed E-state index contributed by atoms with van der Waals surface area (Å²) in [6.07, 6.45) is 0. The van der Waals surface area contributed by atoms with Crippen LogP contribution in [-0.4, -0.2) is 23.9 Å². The van der Waals surface area contributed by atoms with Crippen molar-refractivity contribution in [3.8, 4) is 12.1 Å². The minimum Gasteiger partial charge on any atom is -0.445 e. The highest BCUT2D eigenvalue weighted by Gasteiger charge is 2.18. The lowest BCUT2D eigenvalue weighted by molar-refractivity contribution is 0.0761. The fraction of sp³-hybridized carbons (Fsp3) is 0.222. The molecule has 0 saturated carbocycles. The van der Waals surface area contributed by atoms with E-state index in [0.717, 1.165) is 4.90 Å². The summed E-state index contributed by atoms with van der Waals surface area (Å²) in [5, 5.41) is 17.0. The first-order chi connectivity index (χ1) is 7.19. The molecule has 0 aliphatic carbocycles. The molecule has 0 bridgehead atoms. The molecule has 5 nitrogen and oxygen atoms in total. The highest BCUT2D eigenvalue weighted by atomic mass is 127. The monoisotopic (exact) mass is 315 g/mol. The van der Waals surface area contributed by atoms with Gasteiger partial charge in [-0.25, -0.2) is 0 Å². The zero-order valence-corrected chi connectivity index (χ0v) is 9.76. The topological polar surface area (TPSA) is 81.0 Å². The van der Waals surface area contributed by atoms with Crippen LogP contribution in [0.1, 0.15) is 10.6 Å². The minimum absolute atomic E-state index is 0.121. The van der Waals surface area contributed by atoms with E-state index in [2.05, 4.69) is 0 Å². The van der Waals surface area contributed by atoms with Crippen LogP contribution in [-0.2, 0) is 0 Å². The van der Waals surface area contributed by atoms with Gasteiger partial charge in [0.05, 0.1) is 12.1 Å². The molecular formula is C9H6IN3O2. The molecule has 0 saturated heterocycles. The van der Waals surface area contributed by atoms with E-state index in [-0.39, 0.29) is 18.8 Å². The number of halogens is 1. The first kappa shape index (κ1) is 11.5. The summed E-state index contributed by atoms with van der Waals surface area (Å²) in [4.78, 5) is 12.8. The van der Waals surface area contributed by atoms with Gasteiger partial charge in [-0.2, -0.15) is 10.5 Å². The summed E-state index contributed by atoms with van der Waals surface area (Å²) >= 11 is 1.93. The molecule has 1 aromatic rings. The first-order valence-electron chi connectivity index (χ1n) is 3.97. The highest BCUT2D eigenvalue weighted by Crippen LogP contribution is 2.12. The molecule has 0 aliphatic rings. The van der Waals surface area contributed by atoms with Gasteiger partial charge in [0.25, 0.3) is 5.91 Å². The minimum atomic E-state index is -0.444. The second-order valence-corrected chi connectivity index (χ2v) is 3.64. The summed E-state index contributed by atoms with van der Waals surface area (Å²) in [5.41, 5.74) is 0. The van der Waals surface area contributed by atoms with Crippen molar-refractivity contribution in [3.05, 3.63) is 21.7 Å². The lowest BCUT2D eigenvalue weighted by Gasteiger charge is -2.13. The molecule has 1 aromatic heterocycles. The lowest BCUT2D eigenvalue weighted by Crippen LogP contribution is -2.31. The molecule has 0 aromatic carbocycles. The van der Waals surface area contributed by atoms with E-state index in [1.54, 1.807) is 6.07 Å². The third-order valence-electron chi connectivity index (χ3n) is 1.59. The van der Waals surface area contributed by atoms with Crippen LogP contribution in [0, 0.1) is 26.4 Å². The van der Waals surface area contributed by atoms with Crippen molar-refractivity contribution in [2.24, 2.45) is 0 Å². The van der Waals surface area contributed by atoms with Gasteiger partial charge in [-0.15, -0.1) is 0 Å². The van der Waals surface area contributed by atoms with Crippen LogP contribution in [0.2, 0.25) is 0 Å². The molecule has 0 atom stereocenters. The van der Waals surface area contributed by atoms with Gasteiger partial charge in [0.2, 0.25) is 0 Å². The molecule has 0 fully saturated rings. The van der Waals surface area contributed by atoms with Crippen molar-refractivity contribution < 1.29 is 9.21 Å². The van der Waals surface area contributed by atoms with Gasteiger partial charge >= 0.3 is 0 Å². The lowest BCUT2D eigenvalue weighted by atomic mass is 10.3. The number of nitrogens with zero attached hydrogens (tertiary/aromatic N) is 3. The van der Waals surface area contributed by atoms with E-state index >= 15 is 0 Å². The van der Waals surface area contributed by atoms with Gasteiger partial charge in [-0.05, 0) is 34.7 Å². The Morgan fingerprint density at radius 3 is 2.40 bits per heavy atom. The number of carbonyl (C=O) groups is 1. The number of carbonyl (C=O) groups excluding carboxylic acids is 1. The average Bonchev–Trinajstić information content (AvgIpc) is 2.63. The standard InChI is InChI=1S/C9H6IN3O2/c10-8-2-1-7(15-8)9(14)13(5-3-11)6-4-12/h1-2H,5-6H2. The van der Waals surface area contributed by atoms with E-state index in [4.69, 9.17) is 14.9 Å². The number of furan rings is 1. The number of nitriles is 2. The molecule has 1 heterocycles. The van der Waals surface area contributed by atoms with Crippen molar-refractivity contribution in [2.45, 2.75) is 0 Å². The molecule has 0 spiro atoms. The molecule has 0 aliphatic heterocycles. The summed E-state index contributed by atoms with van der Waals surface area (Å²) < 4.78 is 5.68. The second kappa shape index (κ2) is 5.37. The van der Waals surface area contributed by atoms with E-state index in [9.17, 15) is 4.79 Å². The molecule has 1 rings (SSSR count). The molecule has 6 heteroatoms. The molecule has 76 valence electrons. The normalized spacial score (nSPS) is 9.00. The fourth-order valence-electron chi connectivity index (χ4n) is 0.955. The number of rotatable bonds is 3. The van der Waals surface area contributed by atoms with Gasteiger partial charge in [-0.1, -0.05) is 0 Å². The Morgan fingerprint density at radius 1 is 1.40 bits per heavy atom. The zero-order chi connectivity index (χ0) is 11.3. The Balaban J connectivity index is 2.82. The fourth-order valence-corrected chi connectivity index (χ4v) is 1.37. The summed E-state index contributed by atoms with van der Waals surface area (Å²) in [6.45, 7) is -0.243. The summed E-state index contributed by atoms with van der Waals surface area (Å²) in [6, 6.07) is 6.80. The second-order valence-electron chi connectivity index (χ2n) is 2.58.